The second kappa shape index (κ2) is 8.79. The molecule has 22 heavy (non-hydrogen) atoms. The maximum absolute atomic E-state index is 12.3. The van der Waals surface area contributed by atoms with Crippen molar-refractivity contribution in [2.45, 2.75) is 59.6 Å². The molecular formula is C18H30N2O2. The highest BCUT2D eigenvalue weighted by Gasteiger charge is 2.14. The summed E-state index contributed by atoms with van der Waals surface area (Å²) in [4.78, 5) is 12.3. The Hall–Kier alpha value is -1.55. The number of anilines is 1. The normalized spacial score (nSPS) is 13.8. The number of hydrogen-bond donors (Lipinski definition) is 3. The molecule has 1 aromatic rings. The lowest BCUT2D eigenvalue weighted by Crippen LogP contribution is -2.32. The highest BCUT2D eigenvalue weighted by Crippen LogP contribution is 2.21. The minimum Gasteiger partial charge on any atom is -0.391 e. The zero-order valence-electron chi connectivity index (χ0n) is 14.4. The van der Waals surface area contributed by atoms with E-state index in [0.29, 0.717) is 30.5 Å². The first-order valence-electron chi connectivity index (χ1n) is 8.19. The zero-order valence-corrected chi connectivity index (χ0v) is 14.4. The van der Waals surface area contributed by atoms with E-state index in [1.165, 1.54) is 0 Å². The topological polar surface area (TPSA) is 61.4 Å². The Morgan fingerprint density at radius 3 is 2.55 bits per heavy atom. The summed E-state index contributed by atoms with van der Waals surface area (Å²) in [5.41, 5.74) is 2.59. The molecule has 0 bridgehead atoms. The predicted molar refractivity (Wildman–Crippen MR) is 92.3 cm³/mol. The Kier molecular flexibility index (Phi) is 7.39. The largest absolute Gasteiger partial charge is 0.391 e. The van der Waals surface area contributed by atoms with Crippen molar-refractivity contribution in [2.75, 3.05) is 11.9 Å². The van der Waals surface area contributed by atoms with Crippen molar-refractivity contribution in [3.63, 3.8) is 0 Å². The lowest BCUT2D eigenvalue weighted by atomic mass is 10.0. The molecule has 1 rings (SSSR count). The minimum atomic E-state index is -0.475. The second-order valence-corrected chi connectivity index (χ2v) is 6.31. The molecule has 1 aromatic carbocycles. The van der Waals surface area contributed by atoms with Crippen molar-refractivity contribution in [1.29, 1.82) is 0 Å². The van der Waals surface area contributed by atoms with Gasteiger partial charge in [-0.15, -0.1) is 0 Å². The van der Waals surface area contributed by atoms with Crippen LogP contribution in [-0.4, -0.2) is 29.7 Å². The number of benzene rings is 1. The number of rotatable bonds is 8. The Bertz CT molecular complexity index is 486. The van der Waals surface area contributed by atoms with Crippen molar-refractivity contribution in [3.05, 3.63) is 29.3 Å². The molecule has 0 heterocycles. The van der Waals surface area contributed by atoms with E-state index >= 15 is 0 Å². The quantitative estimate of drug-likeness (QED) is 0.690. The summed E-state index contributed by atoms with van der Waals surface area (Å²) in [6.45, 7) is 10.7. The van der Waals surface area contributed by atoms with E-state index in [1.54, 1.807) is 0 Å². The van der Waals surface area contributed by atoms with Gasteiger partial charge in [0.15, 0.2) is 0 Å². The molecule has 0 radical (unpaired) electrons. The summed E-state index contributed by atoms with van der Waals surface area (Å²) >= 11 is 0. The van der Waals surface area contributed by atoms with Crippen molar-refractivity contribution < 1.29 is 9.90 Å². The fourth-order valence-electron chi connectivity index (χ4n) is 2.19. The number of aliphatic hydroxyl groups is 1. The van der Waals surface area contributed by atoms with Gasteiger partial charge in [0.25, 0.3) is 5.91 Å². The first kappa shape index (κ1) is 18.5. The molecule has 0 aliphatic rings. The Balaban J connectivity index is 2.77. The van der Waals surface area contributed by atoms with Gasteiger partial charge in [-0.1, -0.05) is 33.3 Å². The highest BCUT2D eigenvalue weighted by atomic mass is 16.3. The van der Waals surface area contributed by atoms with Gasteiger partial charge < -0.3 is 15.7 Å². The summed E-state index contributed by atoms with van der Waals surface area (Å²) in [5.74, 6) is 0.384. The van der Waals surface area contributed by atoms with E-state index < -0.39 is 6.10 Å². The summed E-state index contributed by atoms with van der Waals surface area (Å²) in [5, 5.41) is 16.0. The van der Waals surface area contributed by atoms with Gasteiger partial charge in [0, 0.05) is 23.8 Å². The van der Waals surface area contributed by atoms with Crippen molar-refractivity contribution >= 4 is 11.6 Å². The third kappa shape index (κ3) is 5.34. The Morgan fingerprint density at radius 2 is 1.95 bits per heavy atom. The van der Waals surface area contributed by atoms with Gasteiger partial charge in [0.2, 0.25) is 0 Å². The molecule has 4 heteroatoms. The maximum Gasteiger partial charge on any atom is 0.251 e. The van der Waals surface area contributed by atoms with Gasteiger partial charge >= 0.3 is 0 Å². The highest BCUT2D eigenvalue weighted by molar-refractivity contribution is 5.97. The number of nitrogens with one attached hydrogen (secondary N) is 2. The van der Waals surface area contributed by atoms with E-state index in [0.717, 1.165) is 17.7 Å². The van der Waals surface area contributed by atoms with Crippen LogP contribution in [0.1, 0.15) is 56.5 Å². The lowest BCUT2D eigenvalue weighted by Gasteiger charge is -2.21. The first-order chi connectivity index (χ1) is 10.4. The van der Waals surface area contributed by atoms with Gasteiger partial charge in [0.05, 0.1) is 6.10 Å². The fourth-order valence-corrected chi connectivity index (χ4v) is 2.19. The van der Waals surface area contributed by atoms with Gasteiger partial charge in [-0.3, -0.25) is 4.79 Å². The van der Waals surface area contributed by atoms with Gasteiger partial charge in [-0.05, 0) is 43.9 Å². The molecule has 0 fully saturated rings. The van der Waals surface area contributed by atoms with Crippen molar-refractivity contribution in [2.24, 2.45) is 5.92 Å². The molecule has 4 nitrogen and oxygen atoms in total. The standard InChI is InChI=1S/C18H30N2O2/c1-6-8-15(21)11-19-18(22)16-9-7-10-17(13(16)4)20-14(5)12(2)3/h7,9-10,12,14-15,20-21H,6,8,11H2,1-5H3,(H,19,22). The van der Waals surface area contributed by atoms with E-state index in [1.807, 2.05) is 32.0 Å². The molecular weight excluding hydrogens is 276 g/mol. The number of amides is 1. The SMILES string of the molecule is CCCC(O)CNC(=O)c1cccc(NC(C)C(C)C)c1C. The number of carbonyl (C=O) groups excluding carboxylic acids is 1. The first-order valence-corrected chi connectivity index (χ1v) is 8.19. The van der Waals surface area contributed by atoms with Crippen LogP contribution >= 0.6 is 0 Å². The predicted octanol–water partition coefficient (Wildman–Crippen LogP) is 3.34. The Labute approximate surface area is 134 Å². The minimum absolute atomic E-state index is 0.131. The summed E-state index contributed by atoms with van der Waals surface area (Å²) in [6, 6.07) is 6.04. The van der Waals surface area contributed by atoms with Crippen molar-refractivity contribution in [1.82, 2.24) is 5.32 Å². The van der Waals surface area contributed by atoms with Gasteiger partial charge in [-0.2, -0.15) is 0 Å². The summed E-state index contributed by atoms with van der Waals surface area (Å²) in [7, 11) is 0. The monoisotopic (exact) mass is 306 g/mol. The van der Waals surface area contributed by atoms with Gasteiger partial charge in [-0.25, -0.2) is 0 Å². The van der Waals surface area contributed by atoms with Crippen LogP contribution in [-0.2, 0) is 0 Å². The molecule has 2 unspecified atom stereocenters. The third-order valence-electron chi connectivity index (χ3n) is 4.08. The number of carbonyl (C=O) groups is 1. The van der Waals surface area contributed by atoms with Crippen LogP contribution in [0.3, 0.4) is 0 Å². The van der Waals surface area contributed by atoms with Crippen molar-refractivity contribution in [3.8, 4) is 0 Å². The second-order valence-electron chi connectivity index (χ2n) is 6.31. The average molecular weight is 306 g/mol. The van der Waals surface area contributed by atoms with Crippen LogP contribution in [0.25, 0.3) is 0 Å². The van der Waals surface area contributed by atoms with E-state index in [-0.39, 0.29) is 5.91 Å². The Morgan fingerprint density at radius 1 is 1.27 bits per heavy atom. The van der Waals surface area contributed by atoms with Crippen LogP contribution in [0.2, 0.25) is 0 Å². The molecule has 0 saturated heterocycles. The molecule has 0 aromatic heterocycles. The molecule has 124 valence electrons. The lowest BCUT2D eigenvalue weighted by molar-refractivity contribution is 0.0909. The van der Waals surface area contributed by atoms with E-state index in [2.05, 4.69) is 31.4 Å². The van der Waals surface area contributed by atoms with Crippen LogP contribution in [0, 0.1) is 12.8 Å². The number of hydrogen-bond acceptors (Lipinski definition) is 3. The molecule has 0 spiro atoms. The van der Waals surface area contributed by atoms with Crippen LogP contribution < -0.4 is 10.6 Å². The molecule has 0 aliphatic heterocycles. The smallest absolute Gasteiger partial charge is 0.251 e. The van der Waals surface area contributed by atoms with E-state index in [9.17, 15) is 9.90 Å². The van der Waals surface area contributed by atoms with Gasteiger partial charge in [0.1, 0.15) is 0 Å². The summed E-state index contributed by atoms with van der Waals surface area (Å²) < 4.78 is 0. The molecule has 2 atom stereocenters. The van der Waals surface area contributed by atoms with Crippen LogP contribution in [0.4, 0.5) is 5.69 Å². The molecule has 3 N–H and O–H groups in total. The third-order valence-corrected chi connectivity index (χ3v) is 4.08. The van der Waals surface area contributed by atoms with Crippen LogP contribution in [0.5, 0.6) is 0 Å². The zero-order chi connectivity index (χ0) is 16.7. The van der Waals surface area contributed by atoms with Crippen LogP contribution in [0.15, 0.2) is 18.2 Å². The molecule has 0 saturated carbocycles. The average Bonchev–Trinajstić information content (AvgIpc) is 2.47. The number of aliphatic hydroxyl groups excluding tert-OH is 1. The molecule has 0 aliphatic carbocycles. The maximum atomic E-state index is 12.3. The van der Waals surface area contributed by atoms with E-state index in [4.69, 9.17) is 0 Å². The molecule has 1 amide bonds. The fraction of sp³-hybridized carbons (Fsp3) is 0.611. The summed E-state index contributed by atoms with van der Waals surface area (Å²) in [6.07, 6.45) is 1.13.